The molecule has 3 aliphatic rings. The van der Waals surface area contributed by atoms with Crippen LogP contribution in [-0.4, -0.2) is 57.6 Å². The highest BCUT2D eigenvalue weighted by molar-refractivity contribution is 6.20. The van der Waals surface area contributed by atoms with Crippen LogP contribution in [0.4, 0.5) is 23.7 Å². The first kappa shape index (κ1) is 23.5. The van der Waals surface area contributed by atoms with Crippen LogP contribution < -0.4 is 15.5 Å². The Morgan fingerprint density at radius 2 is 1.86 bits per heavy atom. The van der Waals surface area contributed by atoms with Gasteiger partial charge in [0, 0.05) is 18.7 Å². The van der Waals surface area contributed by atoms with Gasteiger partial charge in [-0.1, -0.05) is 5.16 Å². The van der Waals surface area contributed by atoms with Crippen molar-refractivity contribution in [3.63, 3.8) is 0 Å². The Morgan fingerprint density at radius 3 is 2.51 bits per heavy atom. The number of aryl methyl sites for hydroxylation is 1. The first-order valence-corrected chi connectivity index (χ1v) is 11.6. The topological polar surface area (TPSA) is 132 Å². The van der Waals surface area contributed by atoms with Crippen LogP contribution in [-0.2, 0) is 20.7 Å². The minimum Gasteiger partial charge on any atom is -0.372 e. The molecule has 3 aliphatic heterocycles. The first-order chi connectivity index (χ1) is 17.5. The van der Waals surface area contributed by atoms with E-state index in [1.165, 1.54) is 19.1 Å². The third-order valence-corrected chi connectivity index (χ3v) is 7.28. The smallest absolute Gasteiger partial charge is 0.328 e. The van der Waals surface area contributed by atoms with Crippen molar-refractivity contribution in [3.8, 4) is 5.82 Å². The molecule has 3 atom stereocenters. The van der Waals surface area contributed by atoms with E-state index >= 15 is 4.39 Å². The van der Waals surface area contributed by atoms with E-state index in [0.29, 0.717) is 5.69 Å². The molecule has 6 rings (SSSR count). The second-order valence-corrected chi connectivity index (χ2v) is 9.64. The number of morpholine rings is 1. The van der Waals surface area contributed by atoms with Crippen molar-refractivity contribution < 1.29 is 36.8 Å². The molecule has 2 aromatic heterocycles. The van der Waals surface area contributed by atoms with Gasteiger partial charge < -0.3 is 14.2 Å². The Labute approximate surface area is 206 Å². The Kier molecular flexibility index (Phi) is 4.93. The summed E-state index contributed by atoms with van der Waals surface area (Å²) in [6.45, 7) is 5.15. The van der Waals surface area contributed by atoms with E-state index in [1.54, 1.807) is 18.7 Å². The van der Waals surface area contributed by atoms with E-state index < -0.39 is 53.3 Å². The number of barbiturate groups is 1. The number of rotatable bonds is 2. The fraction of sp³-hybridized carbons (Fsp3) is 0.435. The molecule has 2 N–H and O–H groups in total. The molecule has 14 heteroatoms. The average Bonchev–Trinajstić information content (AvgIpc) is 3.40. The number of nitrogens with zero attached hydrogens (tertiary/aromatic N) is 4. The summed E-state index contributed by atoms with van der Waals surface area (Å²) in [4.78, 5) is 40.1. The van der Waals surface area contributed by atoms with Gasteiger partial charge in [-0.15, -0.1) is 0 Å². The third-order valence-electron chi connectivity index (χ3n) is 7.28. The Balaban J connectivity index is 1.58. The number of carbonyl (C=O) groups is 3. The fourth-order valence-corrected chi connectivity index (χ4v) is 5.91. The summed E-state index contributed by atoms with van der Waals surface area (Å²) in [6.07, 6.45) is -4.13. The highest BCUT2D eigenvalue weighted by atomic mass is 19.3. The molecule has 1 aromatic carbocycles. The second kappa shape index (κ2) is 7.78. The first-order valence-electron chi connectivity index (χ1n) is 11.6. The van der Waals surface area contributed by atoms with Crippen LogP contribution in [0.2, 0.25) is 0 Å². The van der Waals surface area contributed by atoms with E-state index in [1.807, 2.05) is 0 Å². The maximum Gasteiger partial charge on any atom is 0.328 e. The number of halogens is 3. The fourth-order valence-electron chi connectivity index (χ4n) is 5.91. The molecule has 194 valence electrons. The SMILES string of the molecule is Cc1cc(C(F)F)nn1-c1noc2c(F)c3c(cc12)CC1(C(=O)NC(=O)NC1=O)C1C(C)OC(C)CN31. The molecule has 0 saturated carbocycles. The van der Waals surface area contributed by atoms with Gasteiger partial charge >= 0.3 is 6.03 Å². The van der Waals surface area contributed by atoms with E-state index in [0.717, 1.165) is 4.68 Å². The number of fused-ring (bicyclic) bond motifs is 5. The molecule has 1 spiro atoms. The van der Waals surface area contributed by atoms with Gasteiger partial charge in [0.2, 0.25) is 23.2 Å². The van der Waals surface area contributed by atoms with Crippen LogP contribution in [0, 0.1) is 18.2 Å². The third kappa shape index (κ3) is 3.14. The molecular weight excluding hydrogens is 497 g/mol. The maximum absolute atomic E-state index is 16.1. The van der Waals surface area contributed by atoms with Crippen molar-refractivity contribution in [2.75, 3.05) is 11.4 Å². The average molecular weight is 518 g/mol. The van der Waals surface area contributed by atoms with Gasteiger partial charge in [0.1, 0.15) is 5.69 Å². The monoisotopic (exact) mass is 518 g/mol. The zero-order valence-corrected chi connectivity index (χ0v) is 19.8. The summed E-state index contributed by atoms with van der Waals surface area (Å²) in [5.41, 5.74) is -1.79. The van der Waals surface area contributed by atoms with Gasteiger partial charge in [-0.2, -0.15) is 5.10 Å². The molecule has 2 saturated heterocycles. The predicted octanol–water partition coefficient (Wildman–Crippen LogP) is 2.29. The molecule has 0 bridgehead atoms. The van der Waals surface area contributed by atoms with Crippen molar-refractivity contribution in [3.05, 3.63) is 34.9 Å². The summed E-state index contributed by atoms with van der Waals surface area (Å²) >= 11 is 0. The second-order valence-electron chi connectivity index (χ2n) is 9.64. The summed E-state index contributed by atoms with van der Waals surface area (Å²) in [7, 11) is 0. The van der Waals surface area contributed by atoms with Crippen molar-refractivity contribution in [2.24, 2.45) is 5.41 Å². The minimum atomic E-state index is -2.82. The molecule has 0 aliphatic carbocycles. The van der Waals surface area contributed by atoms with Crippen LogP contribution in [0.3, 0.4) is 0 Å². The number of amides is 4. The van der Waals surface area contributed by atoms with Crippen molar-refractivity contribution >= 4 is 34.5 Å². The maximum atomic E-state index is 16.1. The van der Waals surface area contributed by atoms with Crippen LogP contribution in [0.15, 0.2) is 16.7 Å². The number of ether oxygens (including phenoxy) is 1. The lowest BCUT2D eigenvalue weighted by Gasteiger charge is -2.55. The number of carbonyl (C=O) groups excluding carboxylic acids is 3. The number of benzene rings is 1. The van der Waals surface area contributed by atoms with Gasteiger partial charge in [0.25, 0.3) is 6.43 Å². The molecule has 0 radical (unpaired) electrons. The van der Waals surface area contributed by atoms with E-state index in [2.05, 4.69) is 20.9 Å². The lowest BCUT2D eigenvalue weighted by Crippen LogP contribution is -2.75. The molecule has 3 unspecified atom stereocenters. The number of anilines is 1. The van der Waals surface area contributed by atoms with Crippen molar-refractivity contribution in [2.45, 2.75) is 51.9 Å². The zero-order valence-electron chi connectivity index (χ0n) is 19.8. The van der Waals surface area contributed by atoms with Crippen LogP contribution >= 0.6 is 0 Å². The normalized spacial score (nSPS) is 24.9. The molecule has 37 heavy (non-hydrogen) atoms. The number of hydrogen-bond donors (Lipinski definition) is 2. The zero-order chi connectivity index (χ0) is 26.4. The van der Waals surface area contributed by atoms with Crippen molar-refractivity contribution in [1.82, 2.24) is 25.6 Å². The van der Waals surface area contributed by atoms with Crippen LogP contribution in [0.1, 0.15) is 37.2 Å². The molecular formula is C23H21F3N6O5. The molecule has 5 heterocycles. The summed E-state index contributed by atoms with van der Waals surface area (Å²) < 4.78 is 55.0. The Bertz CT molecular complexity index is 1480. The standard InChI is InChI=1S/C23H21F3N6O5/c1-8-4-13(18(25)26)29-32(8)19-12-5-11-6-23(20(33)27-22(35)28-21(23)34)17-10(3)36-9(2)7-31(17)15(11)14(24)16(12)37-30-19/h4-5,9-10,17-18H,6-7H2,1-3H3,(H2,27,28,33,34,35). The van der Waals surface area contributed by atoms with Gasteiger partial charge in [-0.05, 0) is 38.5 Å². The number of urea groups is 1. The number of nitrogens with one attached hydrogen (secondary N) is 2. The number of imide groups is 2. The van der Waals surface area contributed by atoms with Gasteiger partial charge in [0.05, 0.1) is 29.3 Å². The molecule has 2 fully saturated rings. The Morgan fingerprint density at radius 1 is 1.16 bits per heavy atom. The Hall–Kier alpha value is -3.94. The summed E-state index contributed by atoms with van der Waals surface area (Å²) in [6, 6.07) is 0.829. The molecule has 3 aromatic rings. The minimum absolute atomic E-state index is 0.0197. The van der Waals surface area contributed by atoms with Gasteiger partial charge in [-0.25, -0.2) is 22.6 Å². The highest BCUT2D eigenvalue weighted by Gasteiger charge is 2.63. The lowest BCUT2D eigenvalue weighted by molar-refractivity contribution is -0.153. The highest BCUT2D eigenvalue weighted by Crippen LogP contribution is 2.49. The van der Waals surface area contributed by atoms with Crippen LogP contribution in [0.25, 0.3) is 16.8 Å². The van der Waals surface area contributed by atoms with Gasteiger partial charge in [-0.3, -0.25) is 20.2 Å². The molecule has 4 amide bonds. The lowest BCUT2D eigenvalue weighted by atomic mass is 9.66. The summed E-state index contributed by atoms with van der Waals surface area (Å²) in [5, 5.41) is 12.2. The largest absolute Gasteiger partial charge is 0.372 e. The predicted molar refractivity (Wildman–Crippen MR) is 120 cm³/mol. The van der Waals surface area contributed by atoms with E-state index in [9.17, 15) is 23.2 Å². The number of aromatic nitrogens is 3. The van der Waals surface area contributed by atoms with E-state index in [-0.39, 0.29) is 47.1 Å². The van der Waals surface area contributed by atoms with E-state index in [4.69, 9.17) is 9.26 Å². The summed E-state index contributed by atoms with van der Waals surface area (Å²) in [5.74, 6) is -2.43. The number of hydrogen-bond acceptors (Lipinski definition) is 8. The van der Waals surface area contributed by atoms with Crippen molar-refractivity contribution in [1.29, 1.82) is 0 Å². The quantitative estimate of drug-likeness (QED) is 0.494. The van der Waals surface area contributed by atoms with Gasteiger partial charge in [0.15, 0.2) is 11.2 Å². The number of alkyl halides is 2. The van der Waals surface area contributed by atoms with Crippen LogP contribution in [0.5, 0.6) is 0 Å². The molecule has 11 nitrogen and oxygen atoms in total.